The number of hydrogen-bond donors (Lipinski definition) is 2. The highest BCUT2D eigenvalue weighted by Crippen LogP contribution is 2.45. The van der Waals surface area contributed by atoms with E-state index < -0.39 is 11.8 Å². The molecule has 0 aromatic heterocycles. The Bertz CT molecular complexity index is 1600. The molecule has 10 heteroatoms. The molecular formula is C38H42N2O8. The summed E-state index contributed by atoms with van der Waals surface area (Å²) in [6.07, 6.45) is 0.303. The molecule has 2 saturated heterocycles. The average molecular weight is 655 g/mol. The standard InChI is InChI=1S/C38H42N2O8/c1-45-27-7-3-25(4-8-27)33(23-35(41)39-15-19-47-20-16-39)31-13-11-30-29(37(31)43)12-14-32(38(30)44)34(26-5-9-28(46-2)10-6-26)24-36(42)40-17-21-48-22-18-40/h3-14,33-34,43-44H,15-24H2,1-2H3. The van der Waals surface area contributed by atoms with Crippen LogP contribution < -0.4 is 9.47 Å². The van der Waals surface area contributed by atoms with Crippen LogP contribution in [0.3, 0.4) is 0 Å². The van der Waals surface area contributed by atoms with Gasteiger partial charge in [0.1, 0.15) is 23.0 Å². The first-order chi connectivity index (χ1) is 23.4. The summed E-state index contributed by atoms with van der Waals surface area (Å²) in [6, 6.07) is 22.1. The molecule has 0 radical (unpaired) electrons. The normalized spacial score (nSPS) is 16.4. The van der Waals surface area contributed by atoms with Gasteiger partial charge >= 0.3 is 0 Å². The Labute approximate surface area is 280 Å². The number of carbonyl (C=O) groups is 2. The summed E-state index contributed by atoms with van der Waals surface area (Å²) in [6.45, 7) is 4.09. The fraction of sp³-hybridized carbons (Fsp3) is 0.368. The summed E-state index contributed by atoms with van der Waals surface area (Å²) in [5.74, 6) is 0.427. The lowest BCUT2D eigenvalue weighted by atomic mass is 9.83. The van der Waals surface area contributed by atoms with Gasteiger partial charge in [-0.1, -0.05) is 48.5 Å². The van der Waals surface area contributed by atoms with Crippen molar-refractivity contribution in [3.8, 4) is 23.0 Å². The van der Waals surface area contributed by atoms with E-state index in [9.17, 15) is 19.8 Å². The van der Waals surface area contributed by atoms with Crippen LogP contribution in [0.5, 0.6) is 23.0 Å². The van der Waals surface area contributed by atoms with Gasteiger partial charge in [-0.3, -0.25) is 9.59 Å². The molecular weight excluding hydrogens is 612 g/mol. The fourth-order valence-corrected chi connectivity index (χ4v) is 6.69. The Morgan fingerprint density at radius 1 is 0.604 bits per heavy atom. The van der Waals surface area contributed by atoms with Crippen molar-refractivity contribution in [2.24, 2.45) is 0 Å². The van der Waals surface area contributed by atoms with E-state index >= 15 is 0 Å². The maximum absolute atomic E-state index is 13.5. The number of methoxy groups -OCH3 is 2. The molecule has 2 atom stereocenters. The summed E-state index contributed by atoms with van der Waals surface area (Å²) < 4.78 is 21.6. The molecule has 0 bridgehead atoms. The Morgan fingerprint density at radius 3 is 1.29 bits per heavy atom. The van der Waals surface area contributed by atoms with Gasteiger partial charge in [-0.05, 0) is 35.4 Å². The SMILES string of the molecule is COc1ccc(C(CC(=O)N2CCOCC2)c2ccc3c(O)c(C(CC(=O)N4CCOCC4)c4ccc(OC)cc4)ccc3c2O)cc1. The van der Waals surface area contributed by atoms with Crippen molar-refractivity contribution in [1.82, 2.24) is 9.80 Å². The van der Waals surface area contributed by atoms with E-state index in [2.05, 4.69) is 0 Å². The lowest BCUT2D eigenvalue weighted by Crippen LogP contribution is -2.41. The number of phenols is 2. The van der Waals surface area contributed by atoms with E-state index in [1.54, 1.807) is 48.3 Å². The monoisotopic (exact) mass is 654 g/mol. The number of morpholine rings is 2. The van der Waals surface area contributed by atoms with Gasteiger partial charge in [0, 0.05) is 72.8 Å². The minimum absolute atomic E-state index is 0.00432. The van der Waals surface area contributed by atoms with Crippen LogP contribution in [0.25, 0.3) is 10.8 Å². The van der Waals surface area contributed by atoms with Crippen molar-refractivity contribution in [3.63, 3.8) is 0 Å². The molecule has 2 unspecified atom stereocenters. The first-order valence-corrected chi connectivity index (χ1v) is 16.3. The molecule has 2 heterocycles. The quantitative estimate of drug-likeness (QED) is 0.245. The molecule has 2 amide bonds. The van der Waals surface area contributed by atoms with Crippen molar-refractivity contribution >= 4 is 22.6 Å². The van der Waals surface area contributed by atoms with Gasteiger partial charge in [0.2, 0.25) is 11.8 Å². The second kappa shape index (κ2) is 15.0. The van der Waals surface area contributed by atoms with Gasteiger partial charge in [-0.15, -0.1) is 0 Å². The third-order valence-electron chi connectivity index (χ3n) is 9.48. The molecule has 0 aliphatic carbocycles. The second-order valence-electron chi connectivity index (χ2n) is 12.1. The number of carbonyl (C=O) groups excluding carboxylic acids is 2. The minimum atomic E-state index is -0.448. The maximum atomic E-state index is 13.5. The van der Waals surface area contributed by atoms with Crippen molar-refractivity contribution in [2.45, 2.75) is 24.7 Å². The number of nitrogens with zero attached hydrogens (tertiary/aromatic N) is 2. The van der Waals surface area contributed by atoms with Crippen LogP contribution in [0, 0.1) is 0 Å². The number of rotatable bonds is 10. The number of aromatic hydroxyl groups is 2. The highest BCUT2D eigenvalue weighted by Gasteiger charge is 2.29. The molecule has 0 spiro atoms. The van der Waals surface area contributed by atoms with Gasteiger partial charge in [0.05, 0.1) is 40.6 Å². The zero-order chi connectivity index (χ0) is 33.6. The van der Waals surface area contributed by atoms with Crippen molar-refractivity contribution < 1.29 is 38.7 Å². The molecule has 10 nitrogen and oxygen atoms in total. The topological polar surface area (TPSA) is 118 Å². The van der Waals surface area contributed by atoms with Crippen LogP contribution in [-0.2, 0) is 19.1 Å². The summed E-state index contributed by atoms with van der Waals surface area (Å²) in [5.41, 5.74) is 2.87. The number of fused-ring (bicyclic) bond motifs is 1. The number of hydrogen-bond acceptors (Lipinski definition) is 8. The Kier molecular flexibility index (Phi) is 10.3. The molecule has 2 aliphatic heterocycles. The molecule has 2 aliphatic rings. The number of phenolic OH excluding ortho intramolecular Hbond substituents is 2. The summed E-state index contributed by atoms with van der Waals surface area (Å²) >= 11 is 0. The second-order valence-corrected chi connectivity index (χ2v) is 12.1. The molecule has 2 fully saturated rings. The molecule has 4 aromatic rings. The predicted molar refractivity (Wildman–Crippen MR) is 181 cm³/mol. The Hall–Kier alpha value is -4.80. The summed E-state index contributed by atoms with van der Waals surface area (Å²) in [7, 11) is 3.20. The van der Waals surface area contributed by atoms with Gasteiger partial charge < -0.3 is 39.0 Å². The first-order valence-electron chi connectivity index (χ1n) is 16.3. The van der Waals surface area contributed by atoms with Crippen molar-refractivity contribution in [3.05, 3.63) is 95.1 Å². The first kappa shape index (κ1) is 33.1. The van der Waals surface area contributed by atoms with Gasteiger partial charge in [-0.2, -0.15) is 0 Å². The van der Waals surface area contributed by atoms with Gasteiger partial charge in [0.25, 0.3) is 0 Å². The minimum Gasteiger partial charge on any atom is -0.507 e. The van der Waals surface area contributed by atoms with Crippen LogP contribution in [-0.4, -0.2) is 98.7 Å². The zero-order valence-electron chi connectivity index (χ0n) is 27.4. The number of ether oxygens (including phenoxy) is 4. The molecule has 4 aromatic carbocycles. The van der Waals surface area contributed by atoms with E-state index in [4.69, 9.17) is 18.9 Å². The van der Waals surface area contributed by atoms with Crippen LogP contribution in [0.15, 0.2) is 72.8 Å². The lowest BCUT2D eigenvalue weighted by molar-refractivity contribution is -0.136. The third kappa shape index (κ3) is 7.05. The largest absolute Gasteiger partial charge is 0.507 e. The summed E-state index contributed by atoms with van der Waals surface area (Å²) in [4.78, 5) is 30.6. The van der Waals surface area contributed by atoms with Crippen LogP contribution in [0.4, 0.5) is 0 Å². The lowest BCUT2D eigenvalue weighted by Gasteiger charge is -2.29. The van der Waals surface area contributed by atoms with E-state index in [-0.39, 0.29) is 36.2 Å². The Balaban J connectivity index is 1.38. The fourth-order valence-electron chi connectivity index (χ4n) is 6.69. The molecule has 2 N–H and O–H groups in total. The maximum Gasteiger partial charge on any atom is 0.223 e. The van der Waals surface area contributed by atoms with Crippen LogP contribution in [0.2, 0.25) is 0 Å². The highest BCUT2D eigenvalue weighted by atomic mass is 16.5. The number of amides is 2. The van der Waals surface area contributed by atoms with E-state index in [0.29, 0.717) is 86.0 Å². The number of benzene rings is 4. The summed E-state index contributed by atoms with van der Waals surface area (Å²) in [5, 5.41) is 24.5. The average Bonchev–Trinajstić information content (AvgIpc) is 3.14. The molecule has 252 valence electrons. The van der Waals surface area contributed by atoms with Gasteiger partial charge in [-0.25, -0.2) is 0 Å². The van der Waals surface area contributed by atoms with Crippen LogP contribution >= 0.6 is 0 Å². The Morgan fingerprint density at radius 2 is 0.958 bits per heavy atom. The van der Waals surface area contributed by atoms with Crippen LogP contribution in [0.1, 0.15) is 46.9 Å². The van der Waals surface area contributed by atoms with E-state index in [1.165, 1.54) is 0 Å². The molecule has 48 heavy (non-hydrogen) atoms. The van der Waals surface area contributed by atoms with Gasteiger partial charge in [0.15, 0.2) is 0 Å². The van der Waals surface area contributed by atoms with Crippen molar-refractivity contribution in [2.75, 3.05) is 66.8 Å². The van der Waals surface area contributed by atoms with E-state index in [1.807, 2.05) is 48.5 Å². The smallest absolute Gasteiger partial charge is 0.223 e. The molecule has 6 rings (SSSR count). The zero-order valence-corrected chi connectivity index (χ0v) is 27.4. The van der Waals surface area contributed by atoms with E-state index in [0.717, 1.165) is 11.1 Å². The van der Waals surface area contributed by atoms with Crippen molar-refractivity contribution in [1.29, 1.82) is 0 Å². The predicted octanol–water partition coefficient (Wildman–Crippen LogP) is 5.03. The highest BCUT2D eigenvalue weighted by molar-refractivity contribution is 5.95. The third-order valence-corrected chi connectivity index (χ3v) is 9.48. The molecule has 0 saturated carbocycles.